The van der Waals surface area contributed by atoms with E-state index in [1.165, 1.54) is 55.0 Å². The quantitative estimate of drug-likeness (QED) is 0.0179. The van der Waals surface area contributed by atoms with Crippen LogP contribution >= 0.6 is 0 Å². The van der Waals surface area contributed by atoms with Gasteiger partial charge in [0.05, 0.1) is 36.4 Å². The maximum absolute atomic E-state index is 12.3. The molecule has 15 nitrogen and oxygen atoms in total. The molecule has 0 amide bonds. The second-order valence-electron chi connectivity index (χ2n) is 18.7. The second-order valence-corrected chi connectivity index (χ2v) is 18.7. The summed E-state index contributed by atoms with van der Waals surface area (Å²) >= 11 is 0. The number of fused-ring (bicyclic) bond motifs is 3. The number of nitrogens with zero attached hydrogens (tertiary/aromatic N) is 6. The first-order valence-electron chi connectivity index (χ1n) is 26.8. The third-order valence-corrected chi connectivity index (χ3v) is 13.2. The van der Waals surface area contributed by atoms with E-state index >= 15 is 0 Å². The molecule has 3 unspecified atom stereocenters. The van der Waals surface area contributed by atoms with Crippen molar-refractivity contribution >= 4 is 86.2 Å². The predicted octanol–water partition coefficient (Wildman–Crippen LogP) is 11.5. The molecule has 3 aromatic carbocycles. The number of carbonyl (C=O) groups is 3. The number of esters is 3. The smallest absolute Gasteiger partial charge is 0.871 e. The van der Waals surface area contributed by atoms with Gasteiger partial charge in [-0.05, 0) is 90.1 Å². The van der Waals surface area contributed by atoms with Gasteiger partial charge in [0.15, 0.2) is 0 Å². The third-order valence-electron chi connectivity index (χ3n) is 13.2. The molecule has 0 aliphatic carbocycles. The molecule has 0 saturated carbocycles. The molecule has 16 heteroatoms. The Morgan fingerprint density at radius 1 is 0.468 bits per heavy atom. The molecule has 0 radical (unpaired) electrons. The van der Waals surface area contributed by atoms with Crippen LogP contribution in [0.25, 0.3) is 50.9 Å². The predicted molar refractivity (Wildman–Crippen MR) is 303 cm³/mol. The van der Waals surface area contributed by atoms with Crippen molar-refractivity contribution in [3.63, 3.8) is 0 Å². The molecule has 0 N–H and O–H groups in total. The first-order chi connectivity index (χ1) is 37.8. The molecule has 0 spiro atoms. The Balaban J connectivity index is 0.000000309. The maximum Gasteiger partial charge on any atom is 3.00 e. The van der Waals surface area contributed by atoms with Gasteiger partial charge < -0.3 is 29.5 Å². The summed E-state index contributed by atoms with van der Waals surface area (Å²) in [6.07, 6.45) is 21.3. The molecule has 0 saturated heterocycles. The SMILES string of the molecule is CCCCC(CC)COC(=O)/C(C#N)=C/c1ccnc2c([O-])cccc12.CCCCC(CC)COC(=O)/C(C#N)=C/c1ccnc2c([O-])cccc12.CCCCC(CC)COC(=O)/C(C#N)=C/c1ccnc2c([O-])cccc12.[Al+3]. The van der Waals surface area contributed by atoms with Crippen molar-refractivity contribution in [1.82, 2.24) is 15.0 Å². The van der Waals surface area contributed by atoms with Gasteiger partial charge in [-0.1, -0.05) is 171 Å². The first kappa shape index (κ1) is 65.2. The van der Waals surface area contributed by atoms with Gasteiger partial charge in [-0.25, -0.2) is 14.4 Å². The van der Waals surface area contributed by atoms with E-state index in [0.717, 1.165) is 77.0 Å². The van der Waals surface area contributed by atoms with Crippen LogP contribution in [0.4, 0.5) is 0 Å². The van der Waals surface area contributed by atoms with Crippen LogP contribution in [0.5, 0.6) is 17.2 Å². The van der Waals surface area contributed by atoms with Crippen LogP contribution in [0.1, 0.15) is 135 Å². The van der Waals surface area contributed by atoms with Gasteiger partial charge in [0.25, 0.3) is 0 Å². The molecule has 3 aromatic heterocycles. The van der Waals surface area contributed by atoms with E-state index in [1.807, 2.05) is 18.2 Å². The molecule has 3 atom stereocenters. The summed E-state index contributed by atoms with van der Waals surface area (Å²) < 4.78 is 16.0. The fourth-order valence-corrected chi connectivity index (χ4v) is 8.27. The van der Waals surface area contributed by atoms with Crippen molar-refractivity contribution in [2.45, 2.75) is 119 Å². The van der Waals surface area contributed by atoms with Crippen LogP contribution in [-0.2, 0) is 28.6 Å². The number of hydrogen-bond acceptors (Lipinski definition) is 15. The zero-order chi connectivity index (χ0) is 56.8. The minimum absolute atomic E-state index is 0. The van der Waals surface area contributed by atoms with Crippen molar-refractivity contribution in [1.29, 1.82) is 15.8 Å². The molecule has 79 heavy (non-hydrogen) atoms. The van der Waals surface area contributed by atoms with E-state index in [2.05, 4.69) is 56.5 Å². The van der Waals surface area contributed by atoms with Crippen molar-refractivity contribution in [3.8, 4) is 35.5 Å². The Morgan fingerprint density at radius 2 is 0.734 bits per heavy atom. The standard InChI is InChI=1S/3C21H24N2O3.Al/c3*1-3-5-7-15(4-2)14-26-21(25)17(13-22)12-16-10-11-23-20-18(16)8-6-9-19(20)24;/h3*6,8-12,15,24H,3-5,7,14H2,1-2H3;/q;;;+3/p-3/b3*17-12+;. The second kappa shape index (κ2) is 35.4. The monoisotopic (exact) mass is 1080 g/mol. The number of para-hydroxylation sites is 3. The van der Waals surface area contributed by atoms with Crippen LogP contribution in [0.15, 0.2) is 108 Å². The van der Waals surface area contributed by atoms with Crippen LogP contribution in [-0.4, -0.2) is 70.0 Å². The molecular formula is C63H69AlN6O9. The van der Waals surface area contributed by atoms with Crippen molar-refractivity contribution < 1.29 is 43.9 Å². The molecule has 0 aliphatic heterocycles. The van der Waals surface area contributed by atoms with E-state index in [9.17, 15) is 45.5 Å². The number of carbonyl (C=O) groups excluding carboxylic acids is 3. The average Bonchev–Trinajstić information content (AvgIpc) is 3.48. The molecule has 0 aliphatic rings. The van der Waals surface area contributed by atoms with Crippen molar-refractivity contribution in [2.24, 2.45) is 17.8 Å². The van der Waals surface area contributed by atoms with Gasteiger partial charge in [0, 0.05) is 34.7 Å². The number of ether oxygens (including phenoxy) is 3. The van der Waals surface area contributed by atoms with Gasteiger partial charge >= 0.3 is 35.3 Å². The summed E-state index contributed by atoms with van der Waals surface area (Å²) in [5.74, 6) is -1.56. The summed E-state index contributed by atoms with van der Waals surface area (Å²) in [4.78, 5) is 49.1. The summed E-state index contributed by atoms with van der Waals surface area (Å²) in [6.45, 7) is 13.5. The van der Waals surface area contributed by atoms with E-state index in [-0.39, 0.29) is 51.3 Å². The summed E-state index contributed by atoms with van der Waals surface area (Å²) in [7, 11) is 0. The van der Waals surface area contributed by atoms with Crippen molar-refractivity contribution in [3.05, 3.63) is 125 Å². The van der Waals surface area contributed by atoms with Gasteiger partial charge in [-0.2, -0.15) is 15.8 Å². The summed E-state index contributed by atoms with van der Waals surface area (Å²) in [5.41, 5.74) is 2.49. The van der Waals surface area contributed by atoms with E-state index in [0.29, 0.717) is 87.0 Å². The maximum atomic E-state index is 12.3. The number of nitriles is 3. The molecule has 408 valence electrons. The van der Waals surface area contributed by atoms with Crippen molar-refractivity contribution in [2.75, 3.05) is 19.8 Å². The van der Waals surface area contributed by atoms with E-state index in [4.69, 9.17) is 14.2 Å². The Kier molecular flexibility index (Phi) is 29.2. The Morgan fingerprint density at radius 3 is 0.962 bits per heavy atom. The fourth-order valence-electron chi connectivity index (χ4n) is 8.27. The number of hydrogen-bond donors (Lipinski definition) is 0. The molecule has 6 rings (SSSR count). The first-order valence-corrected chi connectivity index (χ1v) is 26.8. The third kappa shape index (κ3) is 20.0. The Bertz CT molecular complexity index is 2850. The van der Waals surface area contributed by atoms with E-state index in [1.54, 1.807) is 54.6 Å². The molecule has 0 bridgehead atoms. The number of rotatable bonds is 24. The summed E-state index contributed by atoms with van der Waals surface area (Å²) in [6, 6.07) is 25.1. The minimum Gasteiger partial charge on any atom is -0.871 e. The van der Waals surface area contributed by atoms with Crippen LogP contribution in [0.2, 0.25) is 0 Å². The molecule has 3 heterocycles. The van der Waals surface area contributed by atoms with Gasteiger partial charge in [-0.15, -0.1) is 0 Å². The van der Waals surface area contributed by atoms with Crippen LogP contribution in [0, 0.1) is 51.7 Å². The number of benzene rings is 3. The average molecular weight is 1080 g/mol. The van der Waals surface area contributed by atoms with Crippen LogP contribution < -0.4 is 15.3 Å². The number of pyridine rings is 3. The molecular weight excluding hydrogens is 1010 g/mol. The van der Waals surface area contributed by atoms with E-state index < -0.39 is 17.9 Å². The Hall–Kier alpha value is -8.08. The zero-order valence-corrected chi connectivity index (χ0v) is 47.3. The minimum atomic E-state index is -0.634. The van der Waals surface area contributed by atoms with Crippen LogP contribution in [0.3, 0.4) is 0 Å². The molecule has 0 fully saturated rings. The fraction of sp³-hybridized carbons (Fsp3) is 0.381. The Labute approximate surface area is 475 Å². The van der Waals surface area contributed by atoms with Gasteiger partial charge in [-0.3, -0.25) is 15.0 Å². The largest absolute Gasteiger partial charge is 3.00 e. The normalized spacial score (nSPS) is 12.4. The van der Waals surface area contributed by atoms with Gasteiger partial charge in [0.2, 0.25) is 0 Å². The topological polar surface area (TPSA) is 258 Å². The zero-order valence-electron chi connectivity index (χ0n) is 46.2. The number of aromatic nitrogens is 3. The van der Waals surface area contributed by atoms with Gasteiger partial charge in [0.1, 0.15) is 34.9 Å². The number of unbranched alkanes of at least 4 members (excludes halogenated alkanes) is 3. The summed E-state index contributed by atoms with van der Waals surface area (Å²) in [5, 5.41) is 65.5. The molecule has 6 aromatic rings.